The average molecular weight is 164 g/mol. The molecule has 0 aromatic carbocycles. The van der Waals surface area contributed by atoms with E-state index in [0.29, 0.717) is 6.54 Å². The predicted octanol–water partition coefficient (Wildman–Crippen LogP) is 1.03. The highest BCUT2D eigenvalue weighted by Crippen LogP contribution is 1.99. The van der Waals surface area contributed by atoms with Crippen molar-refractivity contribution in [3.8, 4) is 0 Å². The lowest BCUT2D eigenvalue weighted by atomic mass is 10.2. The van der Waals surface area contributed by atoms with Crippen molar-refractivity contribution in [1.29, 1.82) is 0 Å². The van der Waals surface area contributed by atoms with Crippen molar-refractivity contribution in [2.24, 2.45) is 0 Å². The molecule has 0 radical (unpaired) electrons. The molecule has 0 saturated heterocycles. The van der Waals surface area contributed by atoms with Crippen LogP contribution in [0.1, 0.15) is 18.1 Å². The Morgan fingerprint density at radius 1 is 1.58 bits per heavy atom. The van der Waals surface area contributed by atoms with E-state index >= 15 is 0 Å². The number of aromatic nitrogens is 1. The number of rotatable bonds is 2. The summed E-state index contributed by atoms with van der Waals surface area (Å²) in [6, 6.07) is 2.00. The van der Waals surface area contributed by atoms with Crippen molar-refractivity contribution in [3.05, 3.63) is 29.6 Å². The van der Waals surface area contributed by atoms with Gasteiger partial charge in [0.05, 0.1) is 0 Å². The Morgan fingerprint density at radius 3 is 2.92 bits per heavy atom. The van der Waals surface area contributed by atoms with Crippen LogP contribution >= 0.6 is 0 Å². The molecule has 0 aliphatic heterocycles. The summed E-state index contributed by atoms with van der Waals surface area (Å²) in [6.45, 7) is 4.04. The second-order valence-corrected chi connectivity index (χ2v) is 2.78. The Bertz CT molecular complexity index is 284. The normalized spacial score (nSPS) is 9.50. The van der Waals surface area contributed by atoms with E-state index in [2.05, 4.69) is 10.3 Å². The van der Waals surface area contributed by atoms with Crippen molar-refractivity contribution >= 4 is 5.91 Å². The molecular weight excluding hydrogens is 152 g/mol. The first-order chi connectivity index (χ1) is 5.68. The molecule has 1 heterocycles. The third-order valence-corrected chi connectivity index (χ3v) is 1.47. The van der Waals surface area contributed by atoms with Crippen LogP contribution < -0.4 is 5.32 Å². The fraction of sp³-hybridized carbons (Fsp3) is 0.333. The van der Waals surface area contributed by atoms with Gasteiger partial charge in [0, 0.05) is 25.9 Å². The third kappa shape index (κ3) is 2.70. The zero-order valence-corrected chi connectivity index (χ0v) is 7.29. The minimum Gasteiger partial charge on any atom is -0.352 e. The minimum atomic E-state index is -0.0171. The summed E-state index contributed by atoms with van der Waals surface area (Å²) in [5.41, 5.74) is 2.14. The molecule has 0 aliphatic rings. The van der Waals surface area contributed by atoms with Gasteiger partial charge in [-0.15, -0.1) is 0 Å². The molecule has 0 fully saturated rings. The van der Waals surface area contributed by atoms with Gasteiger partial charge in [-0.25, -0.2) is 0 Å². The van der Waals surface area contributed by atoms with Gasteiger partial charge in [0.2, 0.25) is 5.91 Å². The van der Waals surface area contributed by atoms with Crippen LogP contribution in [0.25, 0.3) is 0 Å². The Labute approximate surface area is 71.8 Å². The van der Waals surface area contributed by atoms with Gasteiger partial charge < -0.3 is 5.32 Å². The number of carbonyl (C=O) groups excluding carboxylic acids is 1. The number of amides is 1. The Hall–Kier alpha value is -1.38. The number of hydrogen-bond acceptors (Lipinski definition) is 2. The fourth-order valence-corrected chi connectivity index (χ4v) is 0.941. The van der Waals surface area contributed by atoms with Crippen molar-refractivity contribution in [3.63, 3.8) is 0 Å². The molecule has 64 valence electrons. The van der Waals surface area contributed by atoms with Crippen LogP contribution in [0.2, 0.25) is 0 Å². The quantitative estimate of drug-likeness (QED) is 0.709. The zero-order chi connectivity index (χ0) is 8.97. The maximum atomic E-state index is 10.6. The lowest BCUT2D eigenvalue weighted by molar-refractivity contribution is -0.119. The van der Waals surface area contributed by atoms with Gasteiger partial charge in [-0.05, 0) is 18.1 Å². The van der Waals surface area contributed by atoms with Crippen LogP contribution in [-0.2, 0) is 11.3 Å². The van der Waals surface area contributed by atoms with Gasteiger partial charge in [0.15, 0.2) is 0 Å². The van der Waals surface area contributed by atoms with Gasteiger partial charge in [0.25, 0.3) is 0 Å². The molecule has 0 unspecified atom stereocenters. The van der Waals surface area contributed by atoms with E-state index in [9.17, 15) is 4.79 Å². The molecule has 0 aliphatic carbocycles. The average Bonchev–Trinajstić information content (AvgIpc) is 2.01. The Kier molecular flexibility index (Phi) is 2.80. The molecule has 1 amide bonds. The van der Waals surface area contributed by atoms with Crippen LogP contribution in [-0.4, -0.2) is 10.9 Å². The monoisotopic (exact) mass is 164 g/mol. The van der Waals surface area contributed by atoms with Crippen LogP contribution in [0.15, 0.2) is 18.5 Å². The number of nitrogens with zero attached hydrogens (tertiary/aromatic N) is 1. The summed E-state index contributed by atoms with van der Waals surface area (Å²) < 4.78 is 0. The summed E-state index contributed by atoms with van der Waals surface area (Å²) in [5, 5.41) is 2.71. The summed E-state index contributed by atoms with van der Waals surface area (Å²) in [4.78, 5) is 14.6. The Balaban J connectivity index is 2.57. The molecule has 0 saturated carbocycles. The van der Waals surface area contributed by atoms with Crippen molar-refractivity contribution in [1.82, 2.24) is 10.3 Å². The molecule has 3 heteroatoms. The molecule has 0 spiro atoms. The van der Waals surface area contributed by atoms with Gasteiger partial charge in [-0.1, -0.05) is 6.07 Å². The molecule has 1 aromatic heterocycles. The molecule has 3 nitrogen and oxygen atoms in total. The second-order valence-electron chi connectivity index (χ2n) is 2.78. The fourth-order valence-electron chi connectivity index (χ4n) is 0.941. The molecule has 0 bridgehead atoms. The smallest absolute Gasteiger partial charge is 0.217 e. The number of aryl methyl sites for hydroxylation is 1. The number of pyridine rings is 1. The molecular formula is C9H12N2O. The lowest BCUT2D eigenvalue weighted by Gasteiger charge is -2.01. The molecule has 12 heavy (non-hydrogen) atoms. The maximum absolute atomic E-state index is 10.6. The minimum absolute atomic E-state index is 0.0171. The van der Waals surface area contributed by atoms with Gasteiger partial charge >= 0.3 is 0 Å². The van der Waals surface area contributed by atoms with E-state index in [0.717, 1.165) is 11.1 Å². The summed E-state index contributed by atoms with van der Waals surface area (Å²) in [5.74, 6) is -0.0171. The molecule has 0 atom stereocenters. The molecule has 1 aromatic rings. The number of hydrogen-bond donors (Lipinski definition) is 1. The predicted molar refractivity (Wildman–Crippen MR) is 46.5 cm³/mol. The first-order valence-electron chi connectivity index (χ1n) is 3.83. The molecule has 1 rings (SSSR count). The second kappa shape index (κ2) is 3.85. The van der Waals surface area contributed by atoms with E-state index in [1.54, 1.807) is 12.4 Å². The van der Waals surface area contributed by atoms with E-state index < -0.39 is 0 Å². The van der Waals surface area contributed by atoms with Gasteiger partial charge in [-0.3, -0.25) is 9.78 Å². The van der Waals surface area contributed by atoms with E-state index in [1.165, 1.54) is 6.92 Å². The lowest BCUT2D eigenvalue weighted by Crippen LogP contribution is -2.18. The van der Waals surface area contributed by atoms with Gasteiger partial charge in [0.1, 0.15) is 0 Å². The van der Waals surface area contributed by atoms with Crippen LogP contribution in [0.3, 0.4) is 0 Å². The van der Waals surface area contributed by atoms with E-state index in [4.69, 9.17) is 0 Å². The summed E-state index contributed by atoms with van der Waals surface area (Å²) in [7, 11) is 0. The van der Waals surface area contributed by atoms with Gasteiger partial charge in [-0.2, -0.15) is 0 Å². The highest BCUT2D eigenvalue weighted by molar-refractivity contribution is 5.72. The van der Waals surface area contributed by atoms with Crippen molar-refractivity contribution in [2.75, 3.05) is 0 Å². The SMILES string of the molecule is CC(=O)NCc1cncc(C)c1. The van der Waals surface area contributed by atoms with Crippen LogP contribution in [0.5, 0.6) is 0 Å². The maximum Gasteiger partial charge on any atom is 0.217 e. The van der Waals surface area contributed by atoms with Crippen LogP contribution in [0, 0.1) is 6.92 Å². The summed E-state index contributed by atoms with van der Waals surface area (Å²) in [6.07, 6.45) is 3.54. The largest absolute Gasteiger partial charge is 0.352 e. The Morgan fingerprint density at radius 2 is 2.33 bits per heavy atom. The highest BCUT2D eigenvalue weighted by atomic mass is 16.1. The van der Waals surface area contributed by atoms with Crippen molar-refractivity contribution < 1.29 is 4.79 Å². The number of carbonyl (C=O) groups is 1. The van der Waals surface area contributed by atoms with E-state index in [1.807, 2.05) is 13.0 Å². The van der Waals surface area contributed by atoms with Crippen molar-refractivity contribution in [2.45, 2.75) is 20.4 Å². The number of nitrogens with one attached hydrogen (secondary N) is 1. The first kappa shape index (κ1) is 8.71. The standard InChI is InChI=1S/C9H12N2O/c1-7-3-9(5-10-4-7)6-11-8(2)12/h3-5H,6H2,1-2H3,(H,11,12). The first-order valence-corrected chi connectivity index (χ1v) is 3.83. The highest BCUT2D eigenvalue weighted by Gasteiger charge is 1.94. The molecule has 1 N–H and O–H groups in total. The van der Waals surface area contributed by atoms with Crippen LogP contribution in [0.4, 0.5) is 0 Å². The van der Waals surface area contributed by atoms with E-state index in [-0.39, 0.29) is 5.91 Å². The third-order valence-electron chi connectivity index (χ3n) is 1.47. The zero-order valence-electron chi connectivity index (χ0n) is 7.29. The summed E-state index contributed by atoms with van der Waals surface area (Å²) >= 11 is 0. The topological polar surface area (TPSA) is 42.0 Å².